The molecular formula is C86H75FN10O4S3. The maximum Gasteiger partial charge on any atom is 0.284 e. The third kappa shape index (κ3) is 16.9. The maximum absolute atomic E-state index is 13.9. The number of nitrogens with zero attached hydrogens (tertiary/aromatic N) is 6. The second kappa shape index (κ2) is 32.3. The third-order valence-corrected chi connectivity index (χ3v) is 20.4. The van der Waals surface area contributed by atoms with Crippen LogP contribution in [0.5, 0.6) is 0 Å². The number of thiophene rings is 1. The summed E-state index contributed by atoms with van der Waals surface area (Å²) in [4.78, 5) is 59.8. The van der Waals surface area contributed by atoms with Crippen LogP contribution in [0.2, 0.25) is 0 Å². The molecule has 16 rings (SSSR count). The Morgan fingerprint density at radius 3 is 1.08 bits per heavy atom. The predicted molar refractivity (Wildman–Crippen MR) is 425 cm³/mol. The van der Waals surface area contributed by atoms with Gasteiger partial charge in [-0.05, 0) is 112 Å². The van der Waals surface area contributed by atoms with Crippen LogP contribution >= 0.6 is 34.0 Å². The van der Waals surface area contributed by atoms with Gasteiger partial charge in [-0.15, -0.1) is 34.0 Å². The average molecular weight is 1430 g/mol. The molecule has 16 aromatic rings. The van der Waals surface area contributed by atoms with Gasteiger partial charge in [-0.1, -0.05) is 210 Å². The Labute approximate surface area is 614 Å². The number of thiazole rings is 2. The fourth-order valence-electron chi connectivity index (χ4n) is 12.2. The first-order chi connectivity index (χ1) is 50.5. The fraction of sp³-hybridized carbons (Fsp3) is 0.116. The number of carbonyl (C=O) groups is 4. The molecule has 0 saturated carbocycles. The van der Waals surface area contributed by atoms with E-state index in [1.165, 1.54) is 90.7 Å². The molecule has 18 heteroatoms. The van der Waals surface area contributed by atoms with E-state index in [1.54, 1.807) is 17.6 Å². The van der Waals surface area contributed by atoms with Crippen molar-refractivity contribution in [2.75, 3.05) is 21.3 Å². The summed E-state index contributed by atoms with van der Waals surface area (Å²) in [6, 6.07) is 75.9. The summed E-state index contributed by atoms with van der Waals surface area (Å²) in [5.41, 5.74) is 20.7. The zero-order valence-electron chi connectivity index (χ0n) is 58.2. The summed E-state index contributed by atoms with van der Waals surface area (Å²) in [5, 5.41) is 20.3. The van der Waals surface area contributed by atoms with Gasteiger partial charge in [0.1, 0.15) is 10.7 Å². The van der Waals surface area contributed by atoms with Crippen LogP contribution in [0.3, 0.4) is 0 Å². The first-order valence-corrected chi connectivity index (χ1v) is 36.6. The van der Waals surface area contributed by atoms with Crippen LogP contribution in [-0.4, -0.2) is 51.9 Å². The van der Waals surface area contributed by atoms with Crippen LogP contribution in [0.4, 0.5) is 27.1 Å². The van der Waals surface area contributed by atoms with Gasteiger partial charge in [0, 0.05) is 83.6 Å². The molecular weight excluding hydrogens is 1350 g/mol. The average Bonchev–Trinajstić information content (AvgIpc) is 1.67. The summed E-state index contributed by atoms with van der Waals surface area (Å²) in [7, 11) is 0. The van der Waals surface area contributed by atoms with Crippen molar-refractivity contribution in [3.8, 4) is 0 Å². The van der Waals surface area contributed by atoms with Gasteiger partial charge < -0.3 is 39.5 Å². The van der Waals surface area contributed by atoms with E-state index in [0.717, 1.165) is 96.6 Å². The Bertz CT molecular complexity index is 5690. The molecule has 0 atom stereocenters. The van der Waals surface area contributed by atoms with Crippen molar-refractivity contribution >= 4 is 124 Å². The van der Waals surface area contributed by atoms with E-state index < -0.39 is 11.7 Å². The first-order valence-electron chi connectivity index (χ1n) is 33.9. The number of hydrogen-bond donors (Lipinski definition) is 4. The van der Waals surface area contributed by atoms with E-state index in [2.05, 4.69) is 192 Å². The Morgan fingerprint density at radius 2 is 0.731 bits per heavy atom. The van der Waals surface area contributed by atoms with Crippen molar-refractivity contribution < 1.29 is 23.6 Å². The highest BCUT2D eigenvalue weighted by atomic mass is 32.1. The molecule has 0 bridgehead atoms. The van der Waals surface area contributed by atoms with Crippen molar-refractivity contribution in [2.45, 2.75) is 67.7 Å². The number of carbonyl (C=O) groups excluding carboxylic acids is 4. The zero-order valence-corrected chi connectivity index (χ0v) is 60.7. The summed E-state index contributed by atoms with van der Waals surface area (Å²) < 4.78 is 22.5. The molecule has 104 heavy (non-hydrogen) atoms. The molecule has 0 aliphatic carbocycles. The second-order valence-electron chi connectivity index (χ2n) is 25.5. The topological polar surface area (TPSA) is 162 Å². The monoisotopic (exact) mass is 1430 g/mol. The van der Waals surface area contributed by atoms with Crippen molar-refractivity contribution in [3.05, 3.63) is 354 Å². The van der Waals surface area contributed by atoms with Gasteiger partial charge >= 0.3 is 0 Å². The van der Waals surface area contributed by atoms with E-state index in [4.69, 9.17) is 0 Å². The number of para-hydroxylation sites is 4. The van der Waals surface area contributed by atoms with Gasteiger partial charge in [-0.25, -0.2) is 14.4 Å². The number of fused-ring (bicyclic) bond motifs is 4. The molecule has 4 amide bonds. The van der Waals surface area contributed by atoms with E-state index in [9.17, 15) is 23.6 Å². The number of nitrogens with one attached hydrogen (secondary N) is 4. The molecule has 14 nitrogen and oxygen atoms in total. The summed E-state index contributed by atoms with van der Waals surface area (Å²) in [5.74, 6) is -1.32. The van der Waals surface area contributed by atoms with Crippen molar-refractivity contribution in [1.29, 1.82) is 0 Å². The Morgan fingerprint density at radius 1 is 0.375 bits per heavy atom. The number of halogens is 1. The lowest BCUT2D eigenvalue weighted by atomic mass is 10.1. The minimum Gasteiger partial charge on any atom is -0.341 e. The largest absolute Gasteiger partial charge is 0.341 e. The molecule has 0 radical (unpaired) electrons. The Balaban J connectivity index is 0.000000123. The van der Waals surface area contributed by atoms with Gasteiger partial charge in [0.2, 0.25) is 0 Å². The van der Waals surface area contributed by atoms with Gasteiger partial charge in [-0.2, -0.15) is 0 Å². The number of aryl methyl sites for hydroxylation is 6. The van der Waals surface area contributed by atoms with E-state index >= 15 is 0 Å². The quantitative estimate of drug-likeness (QED) is 0.0753. The smallest absolute Gasteiger partial charge is 0.284 e. The number of aromatic nitrogens is 6. The molecule has 4 N–H and O–H groups in total. The minimum absolute atomic E-state index is 0.0351. The van der Waals surface area contributed by atoms with Gasteiger partial charge in [0.15, 0.2) is 5.01 Å². The highest BCUT2D eigenvalue weighted by Crippen LogP contribution is 2.33. The van der Waals surface area contributed by atoms with E-state index in [0.29, 0.717) is 22.1 Å². The van der Waals surface area contributed by atoms with Crippen LogP contribution in [0.1, 0.15) is 95.4 Å². The van der Waals surface area contributed by atoms with Gasteiger partial charge in [-0.3, -0.25) is 19.2 Å². The highest BCUT2D eigenvalue weighted by Gasteiger charge is 2.20. The molecule has 9 aromatic carbocycles. The van der Waals surface area contributed by atoms with Crippen LogP contribution in [0.25, 0.3) is 43.6 Å². The van der Waals surface area contributed by atoms with Crippen molar-refractivity contribution in [3.63, 3.8) is 0 Å². The molecule has 0 saturated heterocycles. The number of hydrogen-bond acceptors (Lipinski definition) is 9. The first kappa shape index (κ1) is 70.4. The zero-order chi connectivity index (χ0) is 72.2. The molecule has 0 spiro atoms. The lowest BCUT2D eigenvalue weighted by molar-refractivity contribution is 0.101. The van der Waals surface area contributed by atoms with Crippen molar-refractivity contribution in [1.82, 2.24) is 28.2 Å². The highest BCUT2D eigenvalue weighted by molar-refractivity contribution is 7.12. The summed E-state index contributed by atoms with van der Waals surface area (Å²) in [6.45, 7) is 15.0. The minimum atomic E-state index is -0.529. The molecule has 518 valence electrons. The van der Waals surface area contributed by atoms with Crippen LogP contribution in [0, 0.1) is 47.4 Å². The predicted octanol–water partition coefficient (Wildman–Crippen LogP) is 20.7. The lowest BCUT2D eigenvalue weighted by Gasteiger charge is -2.06. The SMILES string of the molecule is Cc1ccc(Cn2cc(NC(=O)c3ccccc3F)c3ccccc32)cc1.Cc1ccc(Cn2cc(NC(=O)c3cccs3)c3ccccc32)cc1.Cc1ccc(Cn2cc(NC(=O)c3nc(C)cs3)c3ccccc32)cc1.Cc1ccc(Cn2cc(NC(=O)c3scnc3C)c3ccccc32)cc1. The number of anilines is 4. The van der Waals surface area contributed by atoms with E-state index in [-0.39, 0.29) is 23.3 Å². The van der Waals surface area contributed by atoms with Crippen LogP contribution in [0.15, 0.2) is 272 Å². The summed E-state index contributed by atoms with van der Waals surface area (Å²) >= 11 is 4.17. The van der Waals surface area contributed by atoms with Crippen molar-refractivity contribution in [2.24, 2.45) is 0 Å². The Hall–Kier alpha value is -12.1. The summed E-state index contributed by atoms with van der Waals surface area (Å²) in [6.07, 6.45) is 7.95. The van der Waals surface area contributed by atoms with Gasteiger partial charge in [0.05, 0.1) is 66.5 Å². The van der Waals surface area contributed by atoms with Crippen LogP contribution in [-0.2, 0) is 26.2 Å². The normalized spacial score (nSPS) is 11.0. The standard InChI is InChI=1S/C23H19FN2O.2C21H19N3OS.C21H18N2OS/c1-16-10-12-17(13-11-16)14-26-15-21(19-7-3-5-9-22(19)26)25-23(27)18-6-2-4-8-20(18)24;1-14-7-9-16(10-8-14)11-24-12-18(17-5-3-4-6-19(17)24)23-21(25)20-15(2)22-13-26-20;1-14-7-9-16(10-8-14)11-24-12-18(17-5-3-4-6-19(17)24)23-20(25)21-22-15(2)13-26-21;1-15-8-10-16(11-9-15)13-23-14-18(17-5-2-3-6-19(17)23)22-21(24)20-7-4-12-25-20/h2-13,15H,14H2,1H3,(H,25,27);2*3-10,12-13H,11H2,1-2H3,(H,23,25);2-12,14H,13H2,1H3,(H,22,24). The lowest BCUT2D eigenvalue weighted by Crippen LogP contribution is -2.13. The molecule has 0 aliphatic heterocycles. The third-order valence-electron chi connectivity index (χ3n) is 17.7. The molecule has 0 aliphatic rings. The molecule has 7 heterocycles. The number of benzene rings is 9. The van der Waals surface area contributed by atoms with Gasteiger partial charge in [0.25, 0.3) is 23.6 Å². The number of rotatable bonds is 16. The molecule has 7 aromatic heterocycles. The maximum atomic E-state index is 13.9. The Kier molecular flexibility index (Phi) is 21.8. The molecule has 0 fully saturated rings. The second-order valence-corrected chi connectivity index (χ2v) is 28.2. The number of amides is 4. The van der Waals surface area contributed by atoms with E-state index in [1.807, 2.05) is 140 Å². The fourth-order valence-corrected chi connectivity index (χ4v) is 14.2. The molecule has 0 unspecified atom stereocenters. The van der Waals surface area contributed by atoms with Crippen LogP contribution < -0.4 is 21.3 Å².